The largest absolute Gasteiger partial charge is 0.368 e. The summed E-state index contributed by atoms with van der Waals surface area (Å²) in [6.45, 7) is 1.29. The van der Waals surface area contributed by atoms with Crippen LogP contribution in [-0.2, 0) is 41.6 Å². The van der Waals surface area contributed by atoms with Crippen molar-refractivity contribution in [3.05, 3.63) is 108 Å². The zero-order valence-electron chi connectivity index (χ0n) is 24.7. The molecule has 4 aliphatic carbocycles. The van der Waals surface area contributed by atoms with Crippen molar-refractivity contribution < 1.29 is 28.4 Å². The molecule has 6 heteroatoms. The van der Waals surface area contributed by atoms with E-state index in [1.807, 2.05) is 66.7 Å². The summed E-state index contributed by atoms with van der Waals surface area (Å²) in [5.41, 5.74) is 3.05. The van der Waals surface area contributed by atoms with Crippen LogP contribution in [0.15, 0.2) is 91.0 Å². The molecule has 0 unspecified atom stereocenters. The van der Waals surface area contributed by atoms with Crippen LogP contribution >= 0.6 is 0 Å². The Morgan fingerprint density at radius 2 is 1.16 bits per heavy atom. The van der Waals surface area contributed by atoms with E-state index in [0.717, 1.165) is 53.7 Å². The van der Waals surface area contributed by atoms with Crippen LogP contribution in [0.25, 0.3) is 0 Å². The van der Waals surface area contributed by atoms with Crippen molar-refractivity contribution in [1.82, 2.24) is 0 Å². The van der Waals surface area contributed by atoms with Crippen LogP contribution in [0, 0.1) is 17.8 Å². The SMILES string of the molecule is c1ccc(CO[C@@H]2[C@H](OCc3ccccc3)[C@H](OC34CC5CC(CC(C5)C3)C4)O[C@@H]3CO[C@@H](c4ccccc4)O[C@@H]23)cc1. The third kappa shape index (κ3) is 5.94. The number of hydrogen-bond donors (Lipinski definition) is 0. The van der Waals surface area contributed by atoms with Crippen molar-refractivity contribution in [3.8, 4) is 0 Å². The van der Waals surface area contributed by atoms with Crippen LogP contribution in [0.1, 0.15) is 61.5 Å². The van der Waals surface area contributed by atoms with Crippen LogP contribution < -0.4 is 0 Å². The van der Waals surface area contributed by atoms with Gasteiger partial charge < -0.3 is 28.4 Å². The Balaban J connectivity index is 1.10. The summed E-state index contributed by atoms with van der Waals surface area (Å²) < 4.78 is 40.6. The topological polar surface area (TPSA) is 55.4 Å². The first-order valence-corrected chi connectivity index (χ1v) is 16.2. The predicted octanol–water partition coefficient (Wildman–Crippen LogP) is 6.98. The van der Waals surface area contributed by atoms with E-state index in [1.165, 1.54) is 19.3 Å². The van der Waals surface area contributed by atoms with Gasteiger partial charge in [0.05, 0.1) is 25.4 Å². The Morgan fingerprint density at radius 3 is 1.74 bits per heavy atom. The molecule has 0 spiro atoms. The maximum Gasteiger partial charge on any atom is 0.187 e. The second-order valence-corrected chi connectivity index (χ2v) is 13.5. The van der Waals surface area contributed by atoms with E-state index in [2.05, 4.69) is 24.3 Å². The third-order valence-corrected chi connectivity index (χ3v) is 10.3. The second-order valence-electron chi connectivity index (χ2n) is 13.5. The minimum atomic E-state index is -0.567. The average Bonchev–Trinajstić information content (AvgIpc) is 3.03. The van der Waals surface area contributed by atoms with Crippen molar-refractivity contribution in [2.24, 2.45) is 17.8 Å². The highest BCUT2D eigenvalue weighted by atomic mass is 16.8. The van der Waals surface area contributed by atoms with Gasteiger partial charge in [0.15, 0.2) is 12.6 Å². The Bertz CT molecular complexity index is 1300. The summed E-state index contributed by atoms with van der Waals surface area (Å²) in [7, 11) is 0. The molecule has 3 aromatic carbocycles. The molecule has 43 heavy (non-hydrogen) atoms. The number of benzene rings is 3. The molecule has 4 bridgehead atoms. The van der Waals surface area contributed by atoms with E-state index >= 15 is 0 Å². The fourth-order valence-electron chi connectivity index (χ4n) is 8.74. The van der Waals surface area contributed by atoms with Gasteiger partial charge in [-0.25, -0.2) is 0 Å². The number of ether oxygens (including phenoxy) is 6. The van der Waals surface area contributed by atoms with Crippen molar-refractivity contribution in [1.29, 1.82) is 0 Å². The molecule has 2 saturated heterocycles. The molecule has 0 amide bonds. The Hall–Kier alpha value is -2.58. The Labute approximate surface area is 254 Å². The molecule has 4 saturated carbocycles. The van der Waals surface area contributed by atoms with Gasteiger partial charge in [0.2, 0.25) is 0 Å². The zero-order valence-corrected chi connectivity index (χ0v) is 24.7. The second kappa shape index (κ2) is 12.1. The van der Waals surface area contributed by atoms with Gasteiger partial charge in [-0.05, 0) is 67.4 Å². The highest BCUT2D eigenvalue weighted by Crippen LogP contribution is 2.58. The van der Waals surface area contributed by atoms with Gasteiger partial charge in [0.1, 0.15) is 24.4 Å². The molecule has 0 N–H and O–H groups in total. The minimum absolute atomic E-state index is 0.145. The first-order chi connectivity index (χ1) is 21.2. The van der Waals surface area contributed by atoms with Gasteiger partial charge in [-0.2, -0.15) is 0 Å². The van der Waals surface area contributed by atoms with Crippen molar-refractivity contribution in [2.75, 3.05) is 6.61 Å². The quantitative estimate of drug-likeness (QED) is 0.271. The fraction of sp³-hybridized carbons (Fsp3) is 0.514. The van der Waals surface area contributed by atoms with Crippen LogP contribution in [0.5, 0.6) is 0 Å². The molecule has 6 atom stereocenters. The molecule has 0 radical (unpaired) electrons. The molecular formula is C37H42O6. The first kappa shape index (κ1) is 27.9. The zero-order chi connectivity index (χ0) is 28.6. The van der Waals surface area contributed by atoms with Crippen LogP contribution in [0.3, 0.4) is 0 Å². The molecule has 2 heterocycles. The summed E-state index contributed by atoms with van der Waals surface area (Å²) in [5, 5.41) is 0. The molecule has 6 aliphatic rings. The van der Waals surface area contributed by atoms with Crippen molar-refractivity contribution in [3.63, 3.8) is 0 Å². The number of rotatable bonds is 9. The summed E-state index contributed by atoms with van der Waals surface area (Å²) in [6, 6.07) is 30.7. The van der Waals surface area contributed by atoms with Crippen molar-refractivity contribution in [2.45, 2.75) is 94.3 Å². The molecule has 9 rings (SSSR count). The highest BCUT2D eigenvalue weighted by Gasteiger charge is 2.57. The molecule has 6 fully saturated rings. The molecule has 3 aromatic rings. The third-order valence-electron chi connectivity index (χ3n) is 10.3. The smallest absolute Gasteiger partial charge is 0.187 e. The lowest BCUT2D eigenvalue weighted by Crippen LogP contribution is -2.65. The maximum atomic E-state index is 7.20. The van der Waals surface area contributed by atoms with Gasteiger partial charge in [-0.3, -0.25) is 0 Å². The molecule has 0 aromatic heterocycles. The average molecular weight is 583 g/mol. The van der Waals surface area contributed by atoms with E-state index in [0.29, 0.717) is 19.8 Å². The highest BCUT2D eigenvalue weighted by molar-refractivity contribution is 5.18. The lowest BCUT2D eigenvalue weighted by atomic mass is 9.54. The van der Waals surface area contributed by atoms with Gasteiger partial charge in [-0.15, -0.1) is 0 Å². The minimum Gasteiger partial charge on any atom is -0.368 e. The standard InChI is InChI=1S/C37H42O6/c1-4-10-25(11-5-1)22-38-33-32-31(24-40-35(42-32)30-14-8-3-9-15-30)41-36(34(33)39-23-26-12-6-2-7-13-26)43-37-19-27-16-28(20-37)18-29(17-27)21-37/h1-15,27-29,31-36H,16-24H2/t27?,28?,29?,31-,32-,33+,34+,35-,36+,37?/m1/s1. The lowest BCUT2D eigenvalue weighted by Gasteiger charge is -2.58. The van der Waals surface area contributed by atoms with E-state index in [9.17, 15) is 0 Å². The fourth-order valence-corrected chi connectivity index (χ4v) is 8.74. The summed E-state index contributed by atoms with van der Waals surface area (Å²) in [5.74, 6) is 2.30. The summed E-state index contributed by atoms with van der Waals surface area (Å²) in [4.78, 5) is 0. The molecule has 2 aliphatic heterocycles. The normalized spacial score (nSPS) is 38.1. The van der Waals surface area contributed by atoms with E-state index in [4.69, 9.17) is 28.4 Å². The van der Waals surface area contributed by atoms with E-state index in [1.54, 1.807) is 0 Å². The van der Waals surface area contributed by atoms with Gasteiger partial charge in [0.25, 0.3) is 0 Å². The number of fused-ring (bicyclic) bond motifs is 1. The van der Waals surface area contributed by atoms with Gasteiger partial charge in [0, 0.05) is 5.56 Å². The predicted molar refractivity (Wildman–Crippen MR) is 161 cm³/mol. The van der Waals surface area contributed by atoms with Gasteiger partial charge in [-0.1, -0.05) is 91.0 Å². The van der Waals surface area contributed by atoms with E-state index in [-0.39, 0.29) is 17.8 Å². The van der Waals surface area contributed by atoms with Crippen LogP contribution in [-0.4, -0.2) is 42.9 Å². The van der Waals surface area contributed by atoms with Gasteiger partial charge >= 0.3 is 0 Å². The van der Waals surface area contributed by atoms with Crippen molar-refractivity contribution >= 4 is 0 Å². The monoisotopic (exact) mass is 582 g/mol. The van der Waals surface area contributed by atoms with E-state index < -0.39 is 24.8 Å². The number of hydrogen-bond acceptors (Lipinski definition) is 6. The Morgan fingerprint density at radius 1 is 0.628 bits per heavy atom. The summed E-state index contributed by atoms with van der Waals surface area (Å²) >= 11 is 0. The summed E-state index contributed by atoms with van der Waals surface area (Å²) in [6.07, 6.45) is 4.81. The Kier molecular flexibility index (Phi) is 7.84. The molecule has 6 nitrogen and oxygen atoms in total. The first-order valence-electron chi connectivity index (χ1n) is 16.2. The molecule has 226 valence electrons. The van der Waals surface area contributed by atoms with Crippen LogP contribution in [0.2, 0.25) is 0 Å². The maximum absolute atomic E-state index is 7.20. The van der Waals surface area contributed by atoms with Crippen LogP contribution in [0.4, 0.5) is 0 Å². The molecular weight excluding hydrogens is 540 g/mol. The lowest BCUT2D eigenvalue weighted by molar-refractivity contribution is -0.391.